The summed E-state index contributed by atoms with van der Waals surface area (Å²) in [4.78, 5) is 0. The molecule has 0 spiro atoms. The van der Waals surface area contributed by atoms with Crippen LogP contribution in [0, 0.1) is 13.8 Å². The van der Waals surface area contributed by atoms with Gasteiger partial charge in [0.15, 0.2) is 0 Å². The minimum atomic E-state index is 0.619. The van der Waals surface area contributed by atoms with Crippen LogP contribution in [0.5, 0.6) is 0 Å². The van der Waals surface area contributed by atoms with Crippen molar-refractivity contribution < 1.29 is 0 Å². The Kier molecular flexibility index (Phi) is 5.05. The molecule has 2 nitrogen and oxygen atoms in total. The van der Waals surface area contributed by atoms with E-state index in [2.05, 4.69) is 52.7 Å². The van der Waals surface area contributed by atoms with Gasteiger partial charge in [-0.3, -0.25) is 0 Å². The maximum Gasteiger partial charge on any atom is 0.0722 e. The zero-order valence-electron chi connectivity index (χ0n) is 11.7. The average molecular weight is 376 g/mol. The average Bonchev–Trinajstić information content (AvgIpc) is 2.62. The monoisotopic (exact) mass is 374 g/mol. The Balaban J connectivity index is 2.21. The lowest BCUT2D eigenvalue weighted by atomic mass is 10.2. The van der Waals surface area contributed by atoms with Crippen molar-refractivity contribution in [1.29, 1.82) is 0 Å². The van der Waals surface area contributed by atoms with Gasteiger partial charge in [0.25, 0.3) is 0 Å². The largest absolute Gasteiger partial charge is 0.378 e. The summed E-state index contributed by atoms with van der Waals surface area (Å²) in [5.41, 5.74) is 4.59. The molecule has 0 saturated heterocycles. The van der Waals surface area contributed by atoms with E-state index in [1.165, 1.54) is 17.0 Å². The second-order valence-corrected chi connectivity index (χ2v) is 6.47. The summed E-state index contributed by atoms with van der Waals surface area (Å²) < 4.78 is 3.17. The number of rotatable bonds is 4. The zero-order chi connectivity index (χ0) is 14.9. The highest BCUT2D eigenvalue weighted by Crippen LogP contribution is 2.34. The SMILES string of the molecule is CCn1c(C)cc(CNc2c(Cl)cc(Br)cc2Cl)c1C. The van der Waals surface area contributed by atoms with Gasteiger partial charge in [-0.2, -0.15) is 0 Å². The fraction of sp³-hybridized carbons (Fsp3) is 0.333. The van der Waals surface area contributed by atoms with Gasteiger partial charge in [-0.1, -0.05) is 39.1 Å². The summed E-state index contributed by atoms with van der Waals surface area (Å²) in [7, 11) is 0. The lowest BCUT2D eigenvalue weighted by molar-refractivity contribution is 0.715. The van der Waals surface area contributed by atoms with Gasteiger partial charge in [0, 0.05) is 29.0 Å². The van der Waals surface area contributed by atoms with Gasteiger partial charge in [0.05, 0.1) is 15.7 Å². The number of halogens is 3. The van der Waals surface area contributed by atoms with E-state index in [9.17, 15) is 0 Å². The van der Waals surface area contributed by atoms with Crippen molar-refractivity contribution >= 4 is 44.8 Å². The Hall–Kier alpha value is -0.640. The van der Waals surface area contributed by atoms with Crippen LogP contribution in [-0.4, -0.2) is 4.57 Å². The molecule has 0 aliphatic rings. The molecular formula is C15H17BrCl2N2. The van der Waals surface area contributed by atoms with Crippen molar-refractivity contribution in [3.63, 3.8) is 0 Å². The van der Waals surface area contributed by atoms with E-state index in [1.54, 1.807) is 0 Å². The minimum Gasteiger partial charge on any atom is -0.378 e. The van der Waals surface area contributed by atoms with E-state index < -0.39 is 0 Å². The van der Waals surface area contributed by atoms with Gasteiger partial charge in [0.2, 0.25) is 0 Å². The molecule has 0 amide bonds. The molecular weight excluding hydrogens is 359 g/mol. The molecule has 1 aromatic heterocycles. The van der Waals surface area contributed by atoms with Crippen LogP contribution < -0.4 is 5.32 Å². The molecule has 108 valence electrons. The number of nitrogens with zero attached hydrogens (tertiary/aromatic N) is 1. The highest BCUT2D eigenvalue weighted by molar-refractivity contribution is 9.10. The number of hydrogen-bond acceptors (Lipinski definition) is 1. The van der Waals surface area contributed by atoms with E-state index in [0.717, 1.165) is 16.7 Å². The predicted molar refractivity (Wildman–Crippen MR) is 91.1 cm³/mol. The number of nitrogens with one attached hydrogen (secondary N) is 1. The van der Waals surface area contributed by atoms with Crippen LogP contribution in [0.2, 0.25) is 10.0 Å². The molecule has 1 heterocycles. The fourth-order valence-corrected chi connectivity index (χ4v) is 3.77. The fourth-order valence-electron chi connectivity index (χ4n) is 2.43. The second kappa shape index (κ2) is 6.42. The van der Waals surface area contributed by atoms with Crippen LogP contribution in [0.4, 0.5) is 5.69 Å². The van der Waals surface area contributed by atoms with Gasteiger partial charge in [-0.15, -0.1) is 0 Å². The molecule has 0 bridgehead atoms. The number of aryl methyl sites for hydroxylation is 1. The Morgan fingerprint density at radius 1 is 1.15 bits per heavy atom. The lowest BCUT2D eigenvalue weighted by Gasteiger charge is -2.11. The Bertz CT molecular complexity index is 612. The molecule has 0 aliphatic carbocycles. The van der Waals surface area contributed by atoms with Crippen molar-refractivity contribution in [3.8, 4) is 0 Å². The first-order valence-corrected chi connectivity index (χ1v) is 8.03. The van der Waals surface area contributed by atoms with Crippen molar-refractivity contribution in [3.05, 3.63) is 49.7 Å². The molecule has 5 heteroatoms. The first kappa shape index (κ1) is 15.7. The number of anilines is 1. The third kappa shape index (κ3) is 3.16. The summed E-state index contributed by atoms with van der Waals surface area (Å²) in [5.74, 6) is 0. The van der Waals surface area contributed by atoms with E-state index in [4.69, 9.17) is 23.2 Å². The Morgan fingerprint density at radius 3 is 2.25 bits per heavy atom. The minimum absolute atomic E-state index is 0.619. The normalized spacial score (nSPS) is 10.9. The van der Waals surface area contributed by atoms with Crippen molar-refractivity contribution in [2.75, 3.05) is 5.32 Å². The number of hydrogen-bond donors (Lipinski definition) is 1. The topological polar surface area (TPSA) is 17.0 Å². The van der Waals surface area contributed by atoms with Crippen LogP contribution in [0.25, 0.3) is 0 Å². The van der Waals surface area contributed by atoms with Crippen LogP contribution in [0.3, 0.4) is 0 Å². The first-order chi connectivity index (χ1) is 9.43. The van der Waals surface area contributed by atoms with Crippen LogP contribution in [-0.2, 0) is 13.1 Å². The van der Waals surface area contributed by atoms with Crippen LogP contribution >= 0.6 is 39.1 Å². The van der Waals surface area contributed by atoms with E-state index in [-0.39, 0.29) is 0 Å². The summed E-state index contributed by atoms with van der Waals surface area (Å²) in [6.45, 7) is 8.11. The highest BCUT2D eigenvalue weighted by Gasteiger charge is 2.10. The molecule has 1 N–H and O–H groups in total. The summed E-state index contributed by atoms with van der Waals surface area (Å²) in [5, 5.41) is 4.57. The molecule has 2 rings (SSSR count). The predicted octanol–water partition coefficient (Wildman–Crippen LogP) is 5.81. The van der Waals surface area contributed by atoms with Gasteiger partial charge >= 0.3 is 0 Å². The smallest absolute Gasteiger partial charge is 0.0722 e. The van der Waals surface area contributed by atoms with E-state index in [0.29, 0.717) is 16.6 Å². The summed E-state index contributed by atoms with van der Waals surface area (Å²) in [6.07, 6.45) is 0. The zero-order valence-corrected chi connectivity index (χ0v) is 14.8. The van der Waals surface area contributed by atoms with Crippen LogP contribution in [0.1, 0.15) is 23.9 Å². The van der Waals surface area contributed by atoms with Crippen molar-refractivity contribution in [1.82, 2.24) is 4.57 Å². The molecule has 0 atom stereocenters. The van der Waals surface area contributed by atoms with Gasteiger partial charge in [0.1, 0.15) is 0 Å². The summed E-state index contributed by atoms with van der Waals surface area (Å²) >= 11 is 15.8. The molecule has 0 fully saturated rings. The van der Waals surface area contributed by atoms with Crippen LogP contribution in [0.15, 0.2) is 22.7 Å². The van der Waals surface area contributed by atoms with E-state index in [1.807, 2.05) is 12.1 Å². The quantitative estimate of drug-likeness (QED) is 0.713. The molecule has 2 aromatic rings. The third-order valence-electron chi connectivity index (χ3n) is 3.46. The second-order valence-electron chi connectivity index (χ2n) is 4.74. The molecule has 0 unspecified atom stereocenters. The third-order valence-corrected chi connectivity index (χ3v) is 4.51. The first-order valence-electron chi connectivity index (χ1n) is 6.48. The van der Waals surface area contributed by atoms with Crippen molar-refractivity contribution in [2.45, 2.75) is 33.9 Å². The molecule has 0 saturated carbocycles. The molecule has 20 heavy (non-hydrogen) atoms. The Labute approximate surface area is 138 Å². The molecule has 0 aliphatic heterocycles. The molecule has 1 aromatic carbocycles. The molecule has 0 radical (unpaired) electrons. The van der Waals surface area contributed by atoms with E-state index >= 15 is 0 Å². The highest BCUT2D eigenvalue weighted by atomic mass is 79.9. The summed E-state index contributed by atoms with van der Waals surface area (Å²) in [6, 6.07) is 5.88. The lowest BCUT2D eigenvalue weighted by Crippen LogP contribution is -2.04. The Morgan fingerprint density at radius 2 is 1.75 bits per heavy atom. The van der Waals surface area contributed by atoms with Gasteiger partial charge in [-0.05, 0) is 44.5 Å². The van der Waals surface area contributed by atoms with Crippen molar-refractivity contribution in [2.24, 2.45) is 0 Å². The number of benzene rings is 1. The maximum atomic E-state index is 6.22. The maximum absolute atomic E-state index is 6.22. The van der Waals surface area contributed by atoms with Gasteiger partial charge in [-0.25, -0.2) is 0 Å². The standard InChI is InChI=1S/C15H17BrCl2N2/c1-4-20-9(2)5-11(10(20)3)8-19-15-13(17)6-12(16)7-14(15)18/h5-7,19H,4,8H2,1-3H3. The van der Waals surface area contributed by atoms with Gasteiger partial charge < -0.3 is 9.88 Å². The number of aromatic nitrogens is 1.